The molecule has 0 radical (unpaired) electrons. The van der Waals surface area contributed by atoms with Crippen LogP contribution in [-0.2, 0) is 7.05 Å². The van der Waals surface area contributed by atoms with Gasteiger partial charge >= 0.3 is 0 Å². The average Bonchev–Trinajstić information content (AvgIpc) is 2.69. The van der Waals surface area contributed by atoms with Crippen LogP contribution in [0.25, 0.3) is 0 Å². The fourth-order valence-electron chi connectivity index (χ4n) is 1.53. The lowest BCUT2D eigenvalue weighted by Crippen LogP contribution is -2.15. The van der Waals surface area contributed by atoms with E-state index >= 15 is 0 Å². The van der Waals surface area contributed by atoms with Crippen molar-refractivity contribution in [1.29, 1.82) is 5.26 Å². The van der Waals surface area contributed by atoms with E-state index in [2.05, 4.69) is 10.4 Å². The van der Waals surface area contributed by atoms with E-state index in [1.54, 1.807) is 0 Å². The van der Waals surface area contributed by atoms with Gasteiger partial charge in [-0.1, -0.05) is 0 Å². The fraction of sp³-hybridized carbons (Fsp3) is 0.0833. The van der Waals surface area contributed by atoms with Crippen LogP contribution < -0.4 is 5.32 Å². The molecule has 0 saturated heterocycles. The van der Waals surface area contributed by atoms with E-state index in [0.29, 0.717) is 6.07 Å². The third kappa shape index (κ3) is 2.57. The number of anilines is 1. The zero-order chi connectivity index (χ0) is 14.0. The first-order chi connectivity index (χ1) is 9.01. The Bertz CT molecular complexity index is 667. The van der Waals surface area contributed by atoms with Gasteiger partial charge < -0.3 is 5.32 Å². The Balaban J connectivity index is 2.31. The monoisotopic (exact) mass is 262 g/mol. The fourth-order valence-corrected chi connectivity index (χ4v) is 1.53. The molecule has 0 saturated carbocycles. The molecule has 0 aliphatic carbocycles. The van der Waals surface area contributed by atoms with E-state index in [4.69, 9.17) is 5.26 Å². The standard InChI is InChI=1S/C12H8F2N4O/c1-18-11(8(5-15)6-16-18)17-12(19)7-2-9(13)4-10(14)3-7/h2-4,6H,1H3,(H,17,19). The number of benzene rings is 1. The number of nitrogens with zero attached hydrogens (tertiary/aromatic N) is 3. The van der Waals surface area contributed by atoms with Crippen LogP contribution in [0.5, 0.6) is 0 Å². The van der Waals surface area contributed by atoms with E-state index in [0.717, 1.165) is 12.1 Å². The Labute approximate surface area is 107 Å². The highest BCUT2D eigenvalue weighted by Crippen LogP contribution is 2.15. The minimum absolute atomic E-state index is 0.160. The number of carbonyl (C=O) groups is 1. The molecule has 0 atom stereocenters. The molecule has 0 bridgehead atoms. The van der Waals surface area contributed by atoms with E-state index in [1.807, 2.05) is 6.07 Å². The number of nitrogens with one attached hydrogen (secondary N) is 1. The quantitative estimate of drug-likeness (QED) is 0.897. The summed E-state index contributed by atoms with van der Waals surface area (Å²) in [6.07, 6.45) is 1.28. The zero-order valence-electron chi connectivity index (χ0n) is 9.82. The Morgan fingerprint density at radius 2 is 2.00 bits per heavy atom. The van der Waals surface area contributed by atoms with Crippen molar-refractivity contribution in [3.05, 3.63) is 47.2 Å². The summed E-state index contributed by atoms with van der Waals surface area (Å²) in [5.41, 5.74) is -0.0182. The second kappa shape index (κ2) is 4.86. The summed E-state index contributed by atoms with van der Waals surface area (Å²) in [5.74, 6) is -2.26. The van der Waals surface area contributed by atoms with Gasteiger partial charge in [-0.15, -0.1) is 0 Å². The van der Waals surface area contributed by atoms with Crippen molar-refractivity contribution in [2.24, 2.45) is 7.05 Å². The summed E-state index contributed by atoms with van der Waals surface area (Å²) in [7, 11) is 1.53. The summed E-state index contributed by atoms with van der Waals surface area (Å²) in [4.78, 5) is 11.8. The van der Waals surface area contributed by atoms with Crippen molar-refractivity contribution in [3.63, 3.8) is 0 Å². The van der Waals surface area contributed by atoms with Crippen molar-refractivity contribution in [2.45, 2.75) is 0 Å². The molecule has 2 aromatic rings. The van der Waals surface area contributed by atoms with Crippen LogP contribution in [0.4, 0.5) is 14.6 Å². The van der Waals surface area contributed by atoms with Crippen LogP contribution in [0.15, 0.2) is 24.4 Å². The van der Waals surface area contributed by atoms with Gasteiger partial charge in [-0.3, -0.25) is 9.48 Å². The van der Waals surface area contributed by atoms with Gasteiger partial charge in [-0.2, -0.15) is 10.4 Å². The van der Waals surface area contributed by atoms with Crippen molar-refractivity contribution in [3.8, 4) is 6.07 Å². The van der Waals surface area contributed by atoms with Crippen LogP contribution in [0, 0.1) is 23.0 Å². The van der Waals surface area contributed by atoms with Gasteiger partial charge in [0.1, 0.15) is 29.1 Å². The number of carbonyl (C=O) groups excluding carboxylic acids is 1. The molecule has 2 rings (SSSR count). The average molecular weight is 262 g/mol. The van der Waals surface area contributed by atoms with Gasteiger partial charge in [-0.25, -0.2) is 8.78 Å². The number of nitriles is 1. The summed E-state index contributed by atoms with van der Waals surface area (Å²) in [6, 6.07) is 4.33. The molecule has 1 aromatic heterocycles. The smallest absolute Gasteiger partial charge is 0.257 e. The highest BCUT2D eigenvalue weighted by Gasteiger charge is 2.14. The highest BCUT2D eigenvalue weighted by molar-refractivity contribution is 6.04. The molecular weight excluding hydrogens is 254 g/mol. The van der Waals surface area contributed by atoms with Crippen LogP contribution in [0.3, 0.4) is 0 Å². The molecule has 1 aromatic carbocycles. The topological polar surface area (TPSA) is 70.7 Å². The molecule has 0 fully saturated rings. The molecule has 0 spiro atoms. The number of amides is 1. The molecule has 7 heteroatoms. The lowest BCUT2D eigenvalue weighted by molar-refractivity contribution is 0.102. The first-order valence-electron chi connectivity index (χ1n) is 5.21. The van der Waals surface area contributed by atoms with Crippen LogP contribution in [-0.4, -0.2) is 15.7 Å². The predicted molar refractivity (Wildman–Crippen MR) is 62.2 cm³/mol. The maximum atomic E-state index is 13.0. The third-order valence-electron chi connectivity index (χ3n) is 2.42. The summed E-state index contributed by atoms with van der Waals surface area (Å²) < 4.78 is 27.3. The third-order valence-corrected chi connectivity index (χ3v) is 2.42. The Kier molecular flexibility index (Phi) is 3.25. The van der Waals surface area contributed by atoms with Crippen molar-refractivity contribution < 1.29 is 13.6 Å². The summed E-state index contributed by atoms with van der Waals surface area (Å²) in [6.45, 7) is 0. The molecule has 96 valence electrons. The highest BCUT2D eigenvalue weighted by atomic mass is 19.1. The van der Waals surface area contributed by atoms with Gasteiger partial charge in [0.15, 0.2) is 0 Å². The molecule has 0 aliphatic rings. The van der Waals surface area contributed by atoms with E-state index in [1.165, 1.54) is 17.9 Å². The van der Waals surface area contributed by atoms with E-state index < -0.39 is 17.5 Å². The minimum Gasteiger partial charge on any atom is -0.306 e. The van der Waals surface area contributed by atoms with Crippen molar-refractivity contribution >= 4 is 11.7 Å². The van der Waals surface area contributed by atoms with Crippen LogP contribution in [0.1, 0.15) is 15.9 Å². The number of hydrogen-bond donors (Lipinski definition) is 1. The SMILES string of the molecule is Cn1ncc(C#N)c1NC(=O)c1cc(F)cc(F)c1. The minimum atomic E-state index is -0.851. The first-order valence-corrected chi connectivity index (χ1v) is 5.21. The van der Waals surface area contributed by atoms with Gasteiger partial charge in [0.25, 0.3) is 5.91 Å². The normalized spacial score (nSPS) is 10.0. The van der Waals surface area contributed by atoms with Gasteiger partial charge in [-0.05, 0) is 12.1 Å². The molecule has 5 nitrogen and oxygen atoms in total. The zero-order valence-corrected chi connectivity index (χ0v) is 9.82. The Hall–Kier alpha value is -2.75. The largest absolute Gasteiger partial charge is 0.306 e. The summed E-state index contributed by atoms with van der Waals surface area (Å²) >= 11 is 0. The maximum absolute atomic E-state index is 13.0. The van der Waals surface area contributed by atoms with Crippen LogP contribution in [0.2, 0.25) is 0 Å². The molecule has 19 heavy (non-hydrogen) atoms. The van der Waals surface area contributed by atoms with E-state index in [-0.39, 0.29) is 16.9 Å². The number of aromatic nitrogens is 2. The van der Waals surface area contributed by atoms with Crippen LogP contribution >= 0.6 is 0 Å². The number of hydrogen-bond acceptors (Lipinski definition) is 3. The molecule has 1 N–H and O–H groups in total. The molecule has 0 unspecified atom stereocenters. The lowest BCUT2D eigenvalue weighted by atomic mass is 10.2. The number of rotatable bonds is 2. The summed E-state index contributed by atoms with van der Waals surface area (Å²) in [5, 5.41) is 15.0. The molecular formula is C12H8F2N4O. The maximum Gasteiger partial charge on any atom is 0.257 e. The number of halogens is 2. The lowest BCUT2D eigenvalue weighted by Gasteiger charge is -2.06. The van der Waals surface area contributed by atoms with Crippen molar-refractivity contribution in [1.82, 2.24) is 9.78 Å². The van der Waals surface area contributed by atoms with Gasteiger partial charge in [0.2, 0.25) is 0 Å². The van der Waals surface area contributed by atoms with E-state index in [9.17, 15) is 13.6 Å². The van der Waals surface area contributed by atoms with Crippen molar-refractivity contribution in [2.75, 3.05) is 5.32 Å². The Morgan fingerprint density at radius 1 is 1.37 bits per heavy atom. The first kappa shape index (κ1) is 12.7. The second-order valence-corrected chi connectivity index (χ2v) is 3.75. The molecule has 1 amide bonds. The van der Waals surface area contributed by atoms with Gasteiger partial charge in [0.05, 0.1) is 6.20 Å². The Morgan fingerprint density at radius 3 is 2.58 bits per heavy atom. The predicted octanol–water partition coefficient (Wildman–Crippen LogP) is 1.82. The molecule has 0 aliphatic heterocycles. The molecule has 1 heterocycles. The second-order valence-electron chi connectivity index (χ2n) is 3.75. The van der Waals surface area contributed by atoms with Gasteiger partial charge in [0, 0.05) is 18.7 Å². The number of aryl methyl sites for hydroxylation is 1.